The zero-order valence-electron chi connectivity index (χ0n) is 17.5. The molecule has 1 atom stereocenters. The number of aromatic nitrogens is 1. The van der Waals surface area contributed by atoms with Crippen LogP contribution in [0, 0.1) is 6.92 Å². The van der Waals surface area contributed by atoms with Crippen molar-refractivity contribution in [3.63, 3.8) is 0 Å². The highest BCUT2D eigenvalue weighted by Crippen LogP contribution is 2.36. The second kappa shape index (κ2) is 7.87. The first-order chi connectivity index (χ1) is 15.1. The molecule has 3 aromatic rings. The van der Waals surface area contributed by atoms with Crippen molar-refractivity contribution >= 4 is 23.2 Å². The number of aryl methyl sites for hydroxylation is 1. The fourth-order valence-corrected chi connectivity index (χ4v) is 4.36. The molecule has 2 aromatic carbocycles. The smallest absolute Gasteiger partial charge is 0.254 e. The van der Waals surface area contributed by atoms with Crippen molar-refractivity contribution in [2.24, 2.45) is 4.99 Å². The summed E-state index contributed by atoms with van der Waals surface area (Å²) in [6.07, 6.45) is 2.54. The summed E-state index contributed by atoms with van der Waals surface area (Å²) < 4.78 is 0. The molecule has 0 bridgehead atoms. The van der Waals surface area contributed by atoms with Crippen LogP contribution in [-0.2, 0) is 6.54 Å². The number of aliphatic imine (C=N–C) groups is 1. The predicted molar refractivity (Wildman–Crippen MR) is 123 cm³/mol. The number of likely N-dealkylation sites (tertiary alicyclic amines) is 1. The van der Waals surface area contributed by atoms with E-state index in [-0.39, 0.29) is 5.91 Å². The van der Waals surface area contributed by atoms with E-state index in [1.807, 2.05) is 66.4 Å². The lowest BCUT2D eigenvalue weighted by atomic mass is 9.93. The number of carbonyl (C=O) groups excluding carboxylic acids is 1. The number of amidine groups is 1. The Morgan fingerprint density at radius 3 is 2.74 bits per heavy atom. The van der Waals surface area contributed by atoms with Gasteiger partial charge in [-0.1, -0.05) is 48.5 Å². The van der Waals surface area contributed by atoms with Gasteiger partial charge in [-0.3, -0.25) is 9.79 Å². The minimum atomic E-state index is -0.455. The highest BCUT2D eigenvalue weighted by molar-refractivity contribution is 6.09. The Morgan fingerprint density at radius 1 is 1.10 bits per heavy atom. The van der Waals surface area contributed by atoms with Crippen LogP contribution < -0.4 is 10.6 Å². The van der Waals surface area contributed by atoms with E-state index in [1.165, 1.54) is 0 Å². The topological polar surface area (TPSA) is 69.6 Å². The van der Waals surface area contributed by atoms with E-state index in [1.54, 1.807) is 6.20 Å². The van der Waals surface area contributed by atoms with Gasteiger partial charge in [-0.15, -0.1) is 0 Å². The number of pyridine rings is 1. The molecule has 0 aliphatic carbocycles. The largest absolute Gasteiger partial charge is 0.368 e. The van der Waals surface area contributed by atoms with Crippen LogP contribution in [0.4, 0.5) is 11.5 Å². The summed E-state index contributed by atoms with van der Waals surface area (Å²) in [6.45, 7) is 3.77. The molecule has 3 heterocycles. The first kappa shape index (κ1) is 19.3. The molecule has 31 heavy (non-hydrogen) atoms. The molecule has 1 fully saturated rings. The van der Waals surface area contributed by atoms with Gasteiger partial charge in [0.1, 0.15) is 11.4 Å². The number of rotatable bonds is 3. The molecule has 1 saturated heterocycles. The minimum Gasteiger partial charge on any atom is -0.368 e. The fraction of sp³-hybridized carbons (Fsp3) is 0.240. The monoisotopic (exact) mass is 411 g/mol. The average Bonchev–Trinajstić information content (AvgIpc) is 3.22. The molecule has 1 aromatic heterocycles. The van der Waals surface area contributed by atoms with Crippen LogP contribution in [0.2, 0.25) is 0 Å². The second-order valence-electron chi connectivity index (χ2n) is 8.17. The van der Waals surface area contributed by atoms with E-state index in [0.29, 0.717) is 19.6 Å². The molecule has 1 spiro atoms. The molecule has 5 rings (SSSR count). The third kappa shape index (κ3) is 3.65. The zero-order valence-corrected chi connectivity index (χ0v) is 17.5. The summed E-state index contributed by atoms with van der Waals surface area (Å²) in [4.78, 5) is 24.6. The van der Waals surface area contributed by atoms with Crippen LogP contribution in [-0.4, -0.2) is 40.3 Å². The van der Waals surface area contributed by atoms with E-state index in [2.05, 4.69) is 27.8 Å². The highest BCUT2D eigenvalue weighted by atomic mass is 16.2. The van der Waals surface area contributed by atoms with Crippen molar-refractivity contribution in [1.82, 2.24) is 9.88 Å². The second-order valence-corrected chi connectivity index (χ2v) is 8.17. The van der Waals surface area contributed by atoms with Gasteiger partial charge in [-0.25, -0.2) is 4.98 Å². The van der Waals surface area contributed by atoms with E-state index in [9.17, 15) is 4.79 Å². The van der Waals surface area contributed by atoms with Gasteiger partial charge in [0.25, 0.3) is 5.91 Å². The van der Waals surface area contributed by atoms with E-state index >= 15 is 0 Å². The summed E-state index contributed by atoms with van der Waals surface area (Å²) in [7, 11) is 0. The lowest BCUT2D eigenvalue weighted by Crippen LogP contribution is -2.55. The highest BCUT2D eigenvalue weighted by Gasteiger charge is 2.47. The number of fused-ring (bicyclic) bond motifs is 1. The van der Waals surface area contributed by atoms with Gasteiger partial charge in [0.2, 0.25) is 0 Å². The molecule has 2 N–H and O–H groups in total. The molecule has 156 valence electrons. The Hall–Kier alpha value is -3.67. The number of nitrogens with one attached hydrogen (secondary N) is 2. The Kier molecular flexibility index (Phi) is 4.90. The summed E-state index contributed by atoms with van der Waals surface area (Å²) in [6, 6.07) is 21.9. The quantitative estimate of drug-likeness (QED) is 0.681. The van der Waals surface area contributed by atoms with Crippen molar-refractivity contribution in [2.75, 3.05) is 23.7 Å². The standard InChI is InChI=1S/C25H25N5O/c1-18-8-5-6-11-20(18)23(31)30-15-13-25(17-30)24(27-16-19-9-3-2-4-10-19)28-22-21(29-25)12-7-14-26-22/h2-12,14,29H,13,15-17H2,1H3,(H,26,27,28)/t25-/m0/s1. The van der Waals surface area contributed by atoms with Gasteiger partial charge in [0, 0.05) is 18.3 Å². The van der Waals surface area contributed by atoms with Crippen molar-refractivity contribution < 1.29 is 4.79 Å². The first-order valence-corrected chi connectivity index (χ1v) is 10.6. The maximum Gasteiger partial charge on any atom is 0.254 e. The first-order valence-electron chi connectivity index (χ1n) is 10.6. The number of nitrogens with zero attached hydrogens (tertiary/aromatic N) is 3. The van der Waals surface area contributed by atoms with Crippen LogP contribution in [0.5, 0.6) is 0 Å². The van der Waals surface area contributed by atoms with Crippen LogP contribution in [0.1, 0.15) is 27.9 Å². The molecular weight excluding hydrogens is 386 g/mol. The zero-order chi connectivity index (χ0) is 21.3. The molecule has 2 aliphatic heterocycles. The SMILES string of the molecule is Cc1ccccc1C(=O)N1CC[C@@]2(C1)Nc1cccnc1NC2=NCc1ccccc1. The predicted octanol–water partition coefficient (Wildman–Crippen LogP) is 4.11. The fourth-order valence-electron chi connectivity index (χ4n) is 4.36. The number of anilines is 2. The van der Waals surface area contributed by atoms with Gasteiger partial charge in [0.15, 0.2) is 5.82 Å². The Bertz CT molecular complexity index is 1140. The average molecular weight is 412 g/mol. The van der Waals surface area contributed by atoms with E-state index in [4.69, 9.17) is 4.99 Å². The number of carbonyl (C=O) groups is 1. The molecule has 0 radical (unpaired) electrons. The van der Waals surface area contributed by atoms with Crippen molar-refractivity contribution in [3.05, 3.63) is 89.6 Å². The maximum absolute atomic E-state index is 13.3. The molecule has 0 unspecified atom stereocenters. The Morgan fingerprint density at radius 2 is 1.90 bits per heavy atom. The molecule has 6 heteroatoms. The van der Waals surface area contributed by atoms with Gasteiger partial charge in [0.05, 0.1) is 18.8 Å². The van der Waals surface area contributed by atoms with Crippen molar-refractivity contribution in [3.8, 4) is 0 Å². The van der Waals surface area contributed by atoms with E-state index < -0.39 is 5.54 Å². The van der Waals surface area contributed by atoms with Gasteiger partial charge >= 0.3 is 0 Å². The van der Waals surface area contributed by atoms with Crippen LogP contribution >= 0.6 is 0 Å². The lowest BCUT2D eigenvalue weighted by molar-refractivity contribution is 0.0788. The lowest BCUT2D eigenvalue weighted by Gasteiger charge is -2.38. The van der Waals surface area contributed by atoms with Gasteiger partial charge < -0.3 is 15.5 Å². The summed E-state index contributed by atoms with van der Waals surface area (Å²) >= 11 is 0. The molecule has 2 aliphatic rings. The maximum atomic E-state index is 13.3. The number of hydrogen-bond donors (Lipinski definition) is 2. The summed E-state index contributed by atoms with van der Waals surface area (Å²) in [5.41, 5.74) is 3.38. The number of benzene rings is 2. The van der Waals surface area contributed by atoms with Crippen molar-refractivity contribution in [2.45, 2.75) is 25.4 Å². The normalized spacial score (nSPS) is 20.9. The molecule has 6 nitrogen and oxygen atoms in total. The summed E-state index contributed by atoms with van der Waals surface area (Å²) in [5, 5.41) is 7.11. The third-order valence-electron chi connectivity index (χ3n) is 6.07. The summed E-state index contributed by atoms with van der Waals surface area (Å²) in [5.74, 6) is 1.67. The van der Waals surface area contributed by atoms with Crippen LogP contribution in [0.15, 0.2) is 77.9 Å². The van der Waals surface area contributed by atoms with Gasteiger partial charge in [-0.2, -0.15) is 0 Å². The number of hydrogen-bond acceptors (Lipinski definition) is 4. The third-order valence-corrected chi connectivity index (χ3v) is 6.07. The molecule has 0 saturated carbocycles. The Balaban J connectivity index is 1.46. The molecule has 1 amide bonds. The van der Waals surface area contributed by atoms with Gasteiger partial charge in [-0.05, 0) is 42.7 Å². The van der Waals surface area contributed by atoms with Crippen LogP contribution in [0.25, 0.3) is 0 Å². The number of amides is 1. The minimum absolute atomic E-state index is 0.0659. The Labute approximate surface area is 182 Å². The molecular formula is C25H25N5O. The van der Waals surface area contributed by atoms with E-state index in [0.717, 1.165) is 40.5 Å². The van der Waals surface area contributed by atoms with Crippen LogP contribution in [0.3, 0.4) is 0 Å². The van der Waals surface area contributed by atoms with Crippen molar-refractivity contribution in [1.29, 1.82) is 0 Å².